The molecule has 0 radical (unpaired) electrons. The lowest BCUT2D eigenvalue weighted by Crippen LogP contribution is -2.23. The van der Waals surface area contributed by atoms with E-state index in [2.05, 4.69) is 48.0 Å². The standard InChI is InChI=1S/C22H28N6O2S/c1-6-7-10-13-27-18(29)15-11-8-9-12-16(15)28-20(27)24-25-21(28)31-14(2)17-23-19(26-30-17)22(3,4)5/h8-9,11-12,14H,6-7,10,13H2,1-5H3/t14-/m0/s1. The van der Waals surface area contributed by atoms with Gasteiger partial charge in [-0.2, -0.15) is 4.98 Å². The van der Waals surface area contributed by atoms with Crippen molar-refractivity contribution in [1.29, 1.82) is 0 Å². The summed E-state index contributed by atoms with van der Waals surface area (Å²) in [7, 11) is 0. The molecule has 4 aromatic rings. The molecule has 0 amide bonds. The zero-order valence-corrected chi connectivity index (χ0v) is 19.4. The van der Waals surface area contributed by atoms with Gasteiger partial charge in [-0.15, -0.1) is 10.2 Å². The van der Waals surface area contributed by atoms with E-state index >= 15 is 0 Å². The van der Waals surface area contributed by atoms with Gasteiger partial charge < -0.3 is 4.52 Å². The number of unbranched alkanes of at least 4 members (excludes halogenated alkanes) is 2. The molecule has 0 fully saturated rings. The minimum Gasteiger partial charge on any atom is -0.338 e. The highest BCUT2D eigenvalue weighted by atomic mass is 32.2. The minimum absolute atomic E-state index is 0.0251. The van der Waals surface area contributed by atoms with Crippen molar-refractivity contribution in [2.24, 2.45) is 0 Å². The van der Waals surface area contributed by atoms with E-state index in [9.17, 15) is 4.79 Å². The quantitative estimate of drug-likeness (QED) is 0.302. The average Bonchev–Trinajstić information content (AvgIpc) is 3.38. The number of para-hydroxylation sites is 1. The van der Waals surface area contributed by atoms with Crippen LogP contribution >= 0.6 is 11.8 Å². The molecule has 164 valence electrons. The van der Waals surface area contributed by atoms with Gasteiger partial charge in [0, 0.05) is 12.0 Å². The summed E-state index contributed by atoms with van der Waals surface area (Å²) >= 11 is 1.49. The van der Waals surface area contributed by atoms with Crippen molar-refractivity contribution in [3.63, 3.8) is 0 Å². The first-order valence-electron chi connectivity index (χ1n) is 10.7. The van der Waals surface area contributed by atoms with Crippen LogP contribution < -0.4 is 5.56 Å². The molecule has 0 aliphatic carbocycles. The number of thioether (sulfide) groups is 1. The van der Waals surface area contributed by atoms with E-state index in [1.807, 2.05) is 35.6 Å². The van der Waals surface area contributed by atoms with Gasteiger partial charge in [0.1, 0.15) is 0 Å². The monoisotopic (exact) mass is 440 g/mol. The van der Waals surface area contributed by atoms with Crippen LogP contribution in [-0.2, 0) is 12.0 Å². The highest BCUT2D eigenvalue weighted by Crippen LogP contribution is 2.34. The Morgan fingerprint density at radius 3 is 2.65 bits per heavy atom. The third-order valence-electron chi connectivity index (χ3n) is 5.21. The Morgan fingerprint density at radius 1 is 1.16 bits per heavy atom. The van der Waals surface area contributed by atoms with Crippen LogP contribution in [0.3, 0.4) is 0 Å². The summed E-state index contributed by atoms with van der Waals surface area (Å²) in [4.78, 5) is 17.7. The maximum Gasteiger partial charge on any atom is 0.262 e. The minimum atomic E-state index is -0.182. The van der Waals surface area contributed by atoms with Gasteiger partial charge in [0.2, 0.25) is 11.7 Å². The molecule has 0 spiro atoms. The van der Waals surface area contributed by atoms with Crippen LogP contribution in [0.25, 0.3) is 16.7 Å². The van der Waals surface area contributed by atoms with E-state index < -0.39 is 0 Å². The summed E-state index contributed by atoms with van der Waals surface area (Å²) in [6.45, 7) is 10.9. The molecule has 0 unspecified atom stereocenters. The fourth-order valence-electron chi connectivity index (χ4n) is 3.44. The highest BCUT2D eigenvalue weighted by Gasteiger charge is 2.25. The zero-order valence-electron chi connectivity index (χ0n) is 18.6. The molecule has 31 heavy (non-hydrogen) atoms. The predicted octanol–water partition coefficient (Wildman–Crippen LogP) is 4.77. The van der Waals surface area contributed by atoms with Crippen molar-refractivity contribution in [1.82, 2.24) is 29.3 Å². The van der Waals surface area contributed by atoms with Crippen molar-refractivity contribution < 1.29 is 4.52 Å². The lowest BCUT2D eigenvalue weighted by atomic mass is 9.96. The van der Waals surface area contributed by atoms with E-state index in [1.165, 1.54) is 11.8 Å². The Morgan fingerprint density at radius 2 is 1.94 bits per heavy atom. The molecule has 8 nitrogen and oxygen atoms in total. The molecule has 1 aromatic carbocycles. The van der Waals surface area contributed by atoms with Crippen LogP contribution in [0, 0.1) is 0 Å². The van der Waals surface area contributed by atoms with Crippen molar-refractivity contribution >= 4 is 28.4 Å². The molecular weight excluding hydrogens is 412 g/mol. The maximum absolute atomic E-state index is 13.1. The van der Waals surface area contributed by atoms with Crippen molar-refractivity contribution in [2.75, 3.05) is 0 Å². The predicted molar refractivity (Wildman–Crippen MR) is 122 cm³/mol. The molecule has 0 aliphatic rings. The second-order valence-corrected chi connectivity index (χ2v) is 10.1. The van der Waals surface area contributed by atoms with Gasteiger partial charge in [0.05, 0.1) is 16.2 Å². The van der Waals surface area contributed by atoms with Crippen LogP contribution in [0.4, 0.5) is 0 Å². The number of aromatic nitrogens is 6. The van der Waals surface area contributed by atoms with Crippen LogP contribution in [0.1, 0.15) is 70.8 Å². The summed E-state index contributed by atoms with van der Waals surface area (Å²) in [6.07, 6.45) is 3.07. The van der Waals surface area contributed by atoms with E-state index in [1.54, 1.807) is 4.57 Å². The van der Waals surface area contributed by atoms with Crippen molar-refractivity contribution in [3.8, 4) is 0 Å². The SMILES string of the molecule is CCCCCn1c(=O)c2ccccc2n2c(S[C@@H](C)c3nc(C(C)(C)C)no3)nnc12. The average molecular weight is 441 g/mol. The fourth-order valence-corrected chi connectivity index (χ4v) is 4.33. The van der Waals surface area contributed by atoms with Gasteiger partial charge >= 0.3 is 0 Å². The summed E-state index contributed by atoms with van der Waals surface area (Å²) in [5, 5.41) is 14.2. The Hall–Kier alpha value is -2.68. The number of benzene rings is 1. The van der Waals surface area contributed by atoms with Crippen molar-refractivity contribution in [2.45, 2.75) is 76.2 Å². The zero-order chi connectivity index (χ0) is 22.2. The molecule has 0 saturated heterocycles. The number of nitrogens with zero attached hydrogens (tertiary/aromatic N) is 6. The van der Waals surface area contributed by atoms with Gasteiger partial charge in [-0.05, 0) is 25.5 Å². The molecule has 4 rings (SSSR count). The normalized spacial score (nSPS) is 13.3. The lowest BCUT2D eigenvalue weighted by molar-refractivity contribution is 0.364. The van der Waals surface area contributed by atoms with Gasteiger partial charge in [-0.25, -0.2) is 0 Å². The Kier molecular flexibility index (Phi) is 5.88. The Labute approximate surface area is 185 Å². The van der Waals surface area contributed by atoms with Crippen LogP contribution in [0.5, 0.6) is 0 Å². The Bertz CT molecular complexity index is 1270. The lowest BCUT2D eigenvalue weighted by Gasteiger charge is -2.12. The summed E-state index contributed by atoms with van der Waals surface area (Å²) in [6, 6.07) is 7.61. The van der Waals surface area contributed by atoms with Gasteiger partial charge in [0.25, 0.3) is 5.56 Å². The largest absolute Gasteiger partial charge is 0.338 e. The first-order chi connectivity index (χ1) is 14.8. The second kappa shape index (κ2) is 8.45. The summed E-state index contributed by atoms with van der Waals surface area (Å²) in [5.41, 5.74) is 0.594. The molecular formula is C22H28N6O2S. The maximum atomic E-state index is 13.1. The molecule has 0 N–H and O–H groups in total. The third-order valence-corrected chi connectivity index (χ3v) is 6.24. The van der Waals surface area contributed by atoms with Gasteiger partial charge in [0.15, 0.2) is 11.0 Å². The summed E-state index contributed by atoms with van der Waals surface area (Å²) in [5.74, 6) is 1.79. The molecule has 3 heterocycles. The fraction of sp³-hybridized carbons (Fsp3) is 0.500. The number of aryl methyl sites for hydroxylation is 1. The molecule has 3 aromatic heterocycles. The number of hydrogen-bond acceptors (Lipinski definition) is 7. The van der Waals surface area contributed by atoms with Gasteiger partial charge in [-0.3, -0.25) is 13.8 Å². The second-order valence-electron chi connectivity index (χ2n) is 8.77. The van der Waals surface area contributed by atoms with Crippen LogP contribution in [0.15, 0.2) is 38.7 Å². The molecule has 0 aliphatic heterocycles. The van der Waals surface area contributed by atoms with Crippen molar-refractivity contribution in [3.05, 3.63) is 46.3 Å². The molecule has 0 saturated carbocycles. The number of hydrogen-bond donors (Lipinski definition) is 0. The van der Waals surface area contributed by atoms with E-state index in [4.69, 9.17) is 4.52 Å². The first kappa shape index (κ1) is 21.5. The number of rotatable bonds is 7. The smallest absolute Gasteiger partial charge is 0.262 e. The topological polar surface area (TPSA) is 91.1 Å². The summed E-state index contributed by atoms with van der Waals surface area (Å²) < 4.78 is 9.22. The van der Waals surface area contributed by atoms with Gasteiger partial charge in [-0.1, -0.05) is 69.6 Å². The molecule has 9 heteroatoms. The number of fused-ring (bicyclic) bond motifs is 3. The molecule has 1 atom stereocenters. The first-order valence-corrected chi connectivity index (χ1v) is 11.6. The van der Waals surface area contributed by atoms with Crippen LogP contribution in [0.2, 0.25) is 0 Å². The Balaban J connectivity index is 1.77. The van der Waals surface area contributed by atoms with E-state index in [-0.39, 0.29) is 16.2 Å². The highest BCUT2D eigenvalue weighted by molar-refractivity contribution is 7.99. The third kappa shape index (κ3) is 4.11. The van der Waals surface area contributed by atoms with E-state index in [0.29, 0.717) is 34.6 Å². The van der Waals surface area contributed by atoms with Crippen LogP contribution in [-0.4, -0.2) is 29.3 Å². The van der Waals surface area contributed by atoms with E-state index in [0.717, 1.165) is 24.8 Å². The molecule has 0 bridgehead atoms.